The van der Waals surface area contributed by atoms with Gasteiger partial charge in [0.25, 0.3) is 5.91 Å². The number of fused-ring (bicyclic) bond motifs is 2. The van der Waals surface area contributed by atoms with Gasteiger partial charge in [-0.3, -0.25) is 9.59 Å². The Labute approximate surface area is 176 Å². The molecular weight excluding hydrogens is 378 g/mol. The monoisotopic (exact) mass is 405 g/mol. The molecule has 0 saturated heterocycles. The van der Waals surface area contributed by atoms with E-state index in [-0.39, 0.29) is 17.1 Å². The molecule has 0 radical (unpaired) electrons. The summed E-state index contributed by atoms with van der Waals surface area (Å²) in [6, 6.07) is 14.4. The van der Waals surface area contributed by atoms with Crippen molar-refractivity contribution in [2.45, 2.75) is 45.6 Å². The van der Waals surface area contributed by atoms with Crippen LogP contribution in [0.3, 0.4) is 0 Å². The van der Waals surface area contributed by atoms with Crippen molar-refractivity contribution in [1.82, 2.24) is 4.90 Å². The van der Waals surface area contributed by atoms with E-state index < -0.39 is 6.04 Å². The second kappa shape index (κ2) is 8.74. The average molecular weight is 405 g/mol. The maximum absolute atomic E-state index is 13.4. The fourth-order valence-corrected chi connectivity index (χ4v) is 4.04. The Morgan fingerprint density at radius 1 is 0.967 bits per heavy atom. The van der Waals surface area contributed by atoms with Crippen LogP contribution in [0.4, 0.5) is 0 Å². The van der Waals surface area contributed by atoms with E-state index in [1.54, 1.807) is 17.0 Å². The molecule has 2 aromatic carbocycles. The van der Waals surface area contributed by atoms with Gasteiger partial charge in [-0.2, -0.15) is 0 Å². The molecule has 30 heavy (non-hydrogen) atoms. The smallest absolute Gasteiger partial charge is 0.290 e. The van der Waals surface area contributed by atoms with Crippen molar-refractivity contribution in [2.24, 2.45) is 0 Å². The van der Waals surface area contributed by atoms with Crippen LogP contribution in [0, 0.1) is 0 Å². The molecule has 156 valence electrons. The highest BCUT2D eigenvalue weighted by molar-refractivity contribution is 5.99. The first-order valence-corrected chi connectivity index (χ1v) is 10.7. The van der Waals surface area contributed by atoms with Crippen molar-refractivity contribution < 1.29 is 13.9 Å². The van der Waals surface area contributed by atoms with Crippen LogP contribution in [0.1, 0.15) is 67.3 Å². The molecule has 5 nitrogen and oxygen atoms in total. The number of benzene rings is 2. The van der Waals surface area contributed by atoms with E-state index >= 15 is 0 Å². The zero-order chi connectivity index (χ0) is 21.1. The van der Waals surface area contributed by atoms with Crippen LogP contribution < -0.4 is 10.2 Å². The molecule has 1 unspecified atom stereocenters. The third-order valence-electron chi connectivity index (χ3n) is 5.54. The molecule has 4 rings (SSSR count). The first kappa shape index (κ1) is 20.2. The van der Waals surface area contributed by atoms with Gasteiger partial charge in [0.1, 0.15) is 11.3 Å². The first-order chi connectivity index (χ1) is 14.7. The Bertz CT molecular complexity index is 1100. The van der Waals surface area contributed by atoms with Crippen LogP contribution in [-0.2, 0) is 0 Å². The van der Waals surface area contributed by atoms with Gasteiger partial charge in [0.05, 0.1) is 23.6 Å². The number of rotatable bonds is 8. The molecule has 5 heteroatoms. The third-order valence-corrected chi connectivity index (χ3v) is 5.54. The minimum atomic E-state index is -0.439. The van der Waals surface area contributed by atoms with E-state index in [4.69, 9.17) is 9.15 Å². The largest absolute Gasteiger partial charge is 0.494 e. The Balaban J connectivity index is 1.80. The quantitative estimate of drug-likeness (QED) is 0.476. The van der Waals surface area contributed by atoms with Crippen LogP contribution in [0.2, 0.25) is 0 Å². The van der Waals surface area contributed by atoms with E-state index in [1.807, 2.05) is 36.4 Å². The molecular formula is C25H27NO4. The molecule has 0 bridgehead atoms. The summed E-state index contributed by atoms with van der Waals surface area (Å²) in [7, 11) is 0. The van der Waals surface area contributed by atoms with Gasteiger partial charge in [0, 0.05) is 6.54 Å². The summed E-state index contributed by atoms with van der Waals surface area (Å²) in [5.74, 6) is 0.750. The van der Waals surface area contributed by atoms with Gasteiger partial charge < -0.3 is 14.1 Å². The molecule has 1 aliphatic heterocycles. The zero-order valence-corrected chi connectivity index (χ0v) is 17.5. The lowest BCUT2D eigenvalue weighted by Gasteiger charge is -2.25. The van der Waals surface area contributed by atoms with Gasteiger partial charge >= 0.3 is 0 Å². The van der Waals surface area contributed by atoms with Gasteiger partial charge in [-0.25, -0.2) is 0 Å². The number of nitrogens with zero attached hydrogens (tertiary/aromatic N) is 1. The van der Waals surface area contributed by atoms with E-state index in [0.29, 0.717) is 29.7 Å². The molecule has 1 atom stereocenters. The van der Waals surface area contributed by atoms with E-state index in [2.05, 4.69) is 13.8 Å². The molecule has 0 aliphatic carbocycles. The molecule has 0 spiro atoms. The van der Waals surface area contributed by atoms with Gasteiger partial charge in [0.15, 0.2) is 5.43 Å². The number of ether oxygens (including phenoxy) is 1. The Kier molecular flexibility index (Phi) is 5.88. The van der Waals surface area contributed by atoms with Crippen molar-refractivity contribution in [2.75, 3.05) is 13.2 Å². The Morgan fingerprint density at radius 2 is 1.73 bits per heavy atom. The summed E-state index contributed by atoms with van der Waals surface area (Å²) >= 11 is 0. The minimum absolute atomic E-state index is 0.130. The average Bonchev–Trinajstić information content (AvgIpc) is 3.05. The normalized spacial score (nSPS) is 15.6. The van der Waals surface area contributed by atoms with Crippen LogP contribution >= 0.6 is 0 Å². The summed E-state index contributed by atoms with van der Waals surface area (Å²) in [6.07, 6.45) is 3.91. The number of hydrogen-bond donors (Lipinski definition) is 0. The van der Waals surface area contributed by atoms with Crippen molar-refractivity contribution in [3.63, 3.8) is 0 Å². The fourth-order valence-electron chi connectivity index (χ4n) is 4.04. The highest BCUT2D eigenvalue weighted by Crippen LogP contribution is 2.38. The van der Waals surface area contributed by atoms with Gasteiger partial charge in [0.2, 0.25) is 5.76 Å². The summed E-state index contributed by atoms with van der Waals surface area (Å²) in [5.41, 5.74) is 1.66. The molecule has 0 fully saturated rings. The van der Waals surface area contributed by atoms with Crippen molar-refractivity contribution in [3.05, 3.63) is 75.6 Å². The first-order valence-electron chi connectivity index (χ1n) is 10.7. The highest BCUT2D eigenvalue weighted by atomic mass is 16.5. The van der Waals surface area contributed by atoms with Crippen LogP contribution in [0.25, 0.3) is 11.0 Å². The van der Waals surface area contributed by atoms with Crippen molar-refractivity contribution in [3.8, 4) is 5.75 Å². The predicted octanol–water partition coefficient (Wildman–Crippen LogP) is 5.32. The number of amides is 1. The van der Waals surface area contributed by atoms with E-state index in [9.17, 15) is 9.59 Å². The SMILES string of the molecule is CCCCCN1C(=O)c2oc3ccccc3c(=O)c2C1c1ccc(OCCC)cc1. The number of hydrogen-bond acceptors (Lipinski definition) is 4. The third kappa shape index (κ3) is 3.60. The second-order valence-electron chi connectivity index (χ2n) is 7.70. The van der Waals surface area contributed by atoms with Crippen molar-refractivity contribution >= 4 is 16.9 Å². The number of carbonyl (C=O) groups is 1. The summed E-state index contributed by atoms with van der Waals surface area (Å²) in [5, 5.41) is 0.507. The Hall–Kier alpha value is -3.08. The maximum Gasteiger partial charge on any atom is 0.290 e. The lowest BCUT2D eigenvalue weighted by Crippen LogP contribution is -2.30. The van der Waals surface area contributed by atoms with Gasteiger partial charge in [-0.15, -0.1) is 0 Å². The summed E-state index contributed by atoms with van der Waals surface area (Å²) < 4.78 is 11.6. The van der Waals surface area contributed by atoms with Gasteiger partial charge in [-0.05, 0) is 42.7 Å². The van der Waals surface area contributed by atoms with Crippen LogP contribution in [0.5, 0.6) is 5.75 Å². The molecule has 0 saturated carbocycles. The van der Waals surface area contributed by atoms with Crippen molar-refractivity contribution in [1.29, 1.82) is 0 Å². The number of carbonyl (C=O) groups excluding carboxylic acids is 1. The zero-order valence-electron chi connectivity index (χ0n) is 17.5. The lowest BCUT2D eigenvalue weighted by molar-refractivity contribution is 0.0724. The minimum Gasteiger partial charge on any atom is -0.494 e. The maximum atomic E-state index is 13.4. The molecule has 3 aromatic rings. The standard InChI is InChI=1S/C25H27NO4/c1-3-5-8-15-26-22(17-11-13-18(14-12-17)29-16-4-2)21-23(27)19-9-6-7-10-20(19)30-24(21)25(26)28/h6-7,9-14,22H,3-5,8,15-16H2,1-2H3. The van der Waals surface area contributed by atoms with E-state index in [1.165, 1.54) is 0 Å². The second-order valence-corrected chi connectivity index (χ2v) is 7.70. The lowest BCUT2D eigenvalue weighted by atomic mass is 9.98. The molecule has 1 aromatic heterocycles. The fraction of sp³-hybridized carbons (Fsp3) is 0.360. The van der Waals surface area contributed by atoms with Crippen LogP contribution in [0.15, 0.2) is 57.7 Å². The number of para-hydroxylation sites is 1. The molecule has 2 heterocycles. The number of unbranched alkanes of at least 4 members (excludes halogenated alkanes) is 2. The van der Waals surface area contributed by atoms with E-state index in [0.717, 1.165) is 37.0 Å². The molecule has 0 N–H and O–H groups in total. The van der Waals surface area contributed by atoms with Crippen LogP contribution in [-0.4, -0.2) is 24.0 Å². The predicted molar refractivity (Wildman–Crippen MR) is 117 cm³/mol. The molecule has 1 aliphatic rings. The summed E-state index contributed by atoms with van der Waals surface area (Å²) in [6.45, 7) is 5.44. The molecule has 1 amide bonds. The Morgan fingerprint density at radius 3 is 2.47 bits per heavy atom. The highest BCUT2D eigenvalue weighted by Gasteiger charge is 2.42. The summed E-state index contributed by atoms with van der Waals surface area (Å²) in [4.78, 5) is 28.4. The van der Waals surface area contributed by atoms with Gasteiger partial charge in [-0.1, -0.05) is 51.0 Å². The topological polar surface area (TPSA) is 59.8 Å².